The van der Waals surface area contributed by atoms with Crippen molar-refractivity contribution in [1.29, 1.82) is 0 Å². The van der Waals surface area contributed by atoms with Gasteiger partial charge in [-0.15, -0.1) is 0 Å². The van der Waals surface area contributed by atoms with Gasteiger partial charge in [-0.2, -0.15) is 0 Å². The first kappa shape index (κ1) is 22.4. The standard InChI is InChI=1S/C23H30N2O4/c1-15(2)19-6-5-7-20(16(3)4)22(19)25-21(27)14-29-18-10-8-17(9-11-18)23(28)24-12-13-26/h5-11,15-16,26H,12-14H2,1-4H3,(H,24,28)(H,25,27). The second kappa shape index (κ2) is 10.6. The van der Waals surface area contributed by atoms with Crippen LogP contribution in [0.25, 0.3) is 0 Å². The third kappa shape index (κ3) is 6.32. The molecule has 0 bridgehead atoms. The van der Waals surface area contributed by atoms with E-state index in [2.05, 4.69) is 38.3 Å². The van der Waals surface area contributed by atoms with Crippen molar-refractivity contribution >= 4 is 17.5 Å². The van der Waals surface area contributed by atoms with Crippen LogP contribution < -0.4 is 15.4 Å². The summed E-state index contributed by atoms with van der Waals surface area (Å²) in [4.78, 5) is 24.3. The minimum absolute atomic E-state index is 0.111. The second-order valence-corrected chi connectivity index (χ2v) is 7.46. The minimum atomic E-state index is -0.269. The van der Waals surface area contributed by atoms with Crippen LogP contribution in [0, 0.1) is 0 Å². The molecule has 0 aromatic heterocycles. The van der Waals surface area contributed by atoms with Crippen LogP contribution >= 0.6 is 0 Å². The van der Waals surface area contributed by atoms with Crippen molar-refractivity contribution in [2.45, 2.75) is 39.5 Å². The van der Waals surface area contributed by atoms with Gasteiger partial charge in [0, 0.05) is 17.8 Å². The molecule has 6 nitrogen and oxygen atoms in total. The number of carbonyl (C=O) groups excluding carboxylic acids is 2. The summed E-state index contributed by atoms with van der Waals surface area (Å²) in [7, 11) is 0. The summed E-state index contributed by atoms with van der Waals surface area (Å²) in [5.74, 6) is 0.573. The summed E-state index contributed by atoms with van der Waals surface area (Å²) in [6.07, 6.45) is 0. The summed E-state index contributed by atoms with van der Waals surface area (Å²) in [5, 5.41) is 14.3. The monoisotopic (exact) mass is 398 g/mol. The minimum Gasteiger partial charge on any atom is -0.484 e. The quantitative estimate of drug-likeness (QED) is 0.601. The Labute approximate surface area is 172 Å². The number of amides is 2. The average Bonchev–Trinajstić information content (AvgIpc) is 2.70. The molecule has 0 radical (unpaired) electrons. The molecule has 156 valence electrons. The maximum Gasteiger partial charge on any atom is 0.262 e. The zero-order chi connectivity index (χ0) is 21.4. The van der Waals surface area contributed by atoms with Crippen molar-refractivity contribution in [2.75, 3.05) is 25.1 Å². The van der Waals surface area contributed by atoms with E-state index >= 15 is 0 Å². The Kier molecular flexibility index (Phi) is 8.21. The smallest absolute Gasteiger partial charge is 0.262 e. The molecule has 6 heteroatoms. The number of aliphatic hydroxyl groups excluding tert-OH is 1. The summed E-state index contributed by atoms with van der Waals surface area (Å²) in [6.45, 7) is 8.37. The van der Waals surface area contributed by atoms with Gasteiger partial charge in [0.05, 0.1) is 6.61 Å². The van der Waals surface area contributed by atoms with Crippen LogP contribution in [0.1, 0.15) is 61.0 Å². The molecular formula is C23H30N2O4. The summed E-state index contributed by atoms with van der Waals surface area (Å²) >= 11 is 0. The molecule has 0 aliphatic heterocycles. The van der Waals surface area contributed by atoms with E-state index in [-0.39, 0.29) is 43.4 Å². The number of hydrogen-bond donors (Lipinski definition) is 3. The van der Waals surface area contributed by atoms with Crippen molar-refractivity contribution in [2.24, 2.45) is 0 Å². The van der Waals surface area contributed by atoms with Crippen molar-refractivity contribution in [3.05, 3.63) is 59.2 Å². The molecule has 2 amide bonds. The van der Waals surface area contributed by atoms with Crippen molar-refractivity contribution < 1.29 is 19.4 Å². The number of ether oxygens (including phenoxy) is 1. The number of carbonyl (C=O) groups is 2. The number of para-hydroxylation sites is 1. The van der Waals surface area contributed by atoms with Gasteiger partial charge in [0.25, 0.3) is 11.8 Å². The van der Waals surface area contributed by atoms with Gasteiger partial charge in [0.15, 0.2) is 6.61 Å². The lowest BCUT2D eigenvalue weighted by molar-refractivity contribution is -0.118. The summed E-state index contributed by atoms with van der Waals surface area (Å²) in [6, 6.07) is 12.6. The second-order valence-electron chi connectivity index (χ2n) is 7.46. The highest BCUT2D eigenvalue weighted by atomic mass is 16.5. The van der Waals surface area contributed by atoms with E-state index in [1.54, 1.807) is 24.3 Å². The molecule has 0 atom stereocenters. The maximum absolute atomic E-state index is 12.5. The lowest BCUT2D eigenvalue weighted by Crippen LogP contribution is -2.26. The molecule has 0 unspecified atom stereocenters. The van der Waals surface area contributed by atoms with E-state index in [4.69, 9.17) is 9.84 Å². The number of hydrogen-bond acceptors (Lipinski definition) is 4. The fraction of sp³-hybridized carbons (Fsp3) is 0.391. The molecule has 3 N–H and O–H groups in total. The lowest BCUT2D eigenvalue weighted by atomic mass is 9.92. The van der Waals surface area contributed by atoms with Gasteiger partial charge < -0.3 is 20.5 Å². The normalized spacial score (nSPS) is 10.9. The van der Waals surface area contributed by atoms with Gasteiger partial charge in [0.1, 0.15) is 5.75 Å². The van der Waals surface area contributed by atoms with E-state index in [1.165, 1.54) is 0 Å². The number of nitrogens with one attached hydrogen (secondary N) is 2. The van der Waals surface area contributed by atoms with Gasteiger partial charge in [-0.3, -0.25) is 9.59 Å². The molecule has 0 heterocycles. The molecular weight excluding hydrogens is 368 g/mol. The molecule has 0 aliphatic rings. The SMILES string of the molecule is CC(C)c1cccc(C(C)C)c1NC(=O)COc1ccc(C(=O)NCCO)cc1. The fourth-order valence-corrected chi connectivity index (χ4v) is 2.99. The first-order chi connectivity index (χ1) is 13.8. The molecule has 0 saturated carbocycles. The Morgan fingerprint density at radius 1 is 0.966 bits per heavy atom. The largest absolute Gasteiger partial charge is 0.484 e. The van der Waals surface area contributed by atoms with E-state index in [0.717, 1.165) is 16.8 Å². The highest BCUT2D eigenvalue weighted by molar-refractivity contribution is 5.95. The number of benzene rings is 2. The number of rotatable bonds is 9. The van der Waals surface area contributed by atoms with E-state index in [9.17, 15) is 9.59 Å². The predicted molar refractivity (Wildman–Crippen MR) is 115 cm³/mol. The summed E-state index contributed by atoms with van der Waals surface area (Å²) < 4.78 is 5.57. The first-order valence-electron chi connectivity index (χ1n) is 9.88. The molecule has 0 aliphatic carbocycles. The molecule has 2 rings (SSSR count). The van der Waals surface area contributed by atoms with Crippen LogP contribution in [0.5, 0.6) is 5.75 Å². The predicted octanol–water partition coefficient (Wildman–Crippen LogP) is 3.67. The third-order valence-corrected chi connectivity index (χ3v) is 4.52. The fourth-order valence-electron chi connectivity index (χ4n) is 2.99. The van der Waals surface area contributed by atoms with Gasteiger partial charge >= 0.3 is 0 Å². The average molecular weight is 399 g/mol. The zero-order valence-corrected chi connectivity index (χ0v) is 17.5. The molecule has 2 aromatic carbocycles. The Morgan fingerprint density at radius 3 is 2.07 bits per heavy atom. The van der Waals surface area contributed by atoms with Gasteiger partial charge in [-0.25, -0.2) is 0 Å². The van der Waals surface area contributed by atoms with E-state index < -0.39 is 0 Å². The number of anilines is 1. The van der Waals surface area contributed by atoms with Crippen LogP contribution in [-0.2, 0) is 4.79 Å². The topological polar surface area (TPSA) is 87.7 Å². The third-order valence-electron chi connectivity index (χ3n) is 4.52. The van der Waals surface area contributed by atoms with Crippen molar-refractivity contribution in [3.63, 3.8) is 0 Å². The molecule has 0 spiro atoms. The Balaban J connectivity index is 2.01. The molecule has 0 saturated heterocycles. The highest BCUT2D eigenvalue weighted by Crippen LogP contribution is 2.32. The van der Waals surface area contributed by atoms with Gasteiger partial charge in [-0.1, -0.05) is 45.9 Å². The van der Waals surface area contributed by atoms with Crippen LogP contribution in [0.15, 0.2) is 42.5 Å². The molecule has 29 heavy (non-hydrogen) atoms. The Morgan fingerprint density at radius 2 is 1.55 bits per heavy atom. The van der Waals surface area contributed by atoms with Gasteiger partial charge in [-0.05, 0) is 47.2 Å². The maximum atomic E-state index is 12.5. The first-order valence-corrected chi connectivity index (χ1v) is 9.88. The van der Waals surface area contributed by atoms with E-state index in [1.807, 2.05) is 18.2 Å². The van der Waals surface area contributed by atoms with Crippen LogP contribution in [0.3, 0.4) is 0 Å². The molecule has 2 aromatic rings. The van der Waals surface area contributed by atoms with E-state index in [0.29, 0.717) is 11.3 Å². The number of aliphatic hydroxyl groups is 1. The molecule has 0 fully saturated rings. The zero-order valence-electron chi connectivity index (χ0n) is 17.5. The Hall–Kier alpha value is -2.86. The summed E-state index contributed by atoms with van der Waals surface area (Å²) in [5.41, 5.74) is 3.52. The van der Waals surface area contributed by atoms with Crippen LogP contribution in [-0.4, -0.2) is 36.7 Å². The van der Waals surface area contributed by atoms with Crippen LogP contribution in [0.2, 0.25) is 0 Å². The van der Waals surface area contributed by atoms with Crippen molar-refractivity contribution in [3.8, 4) is 5.75 Å². The van der Waals surface area contributed by atoms with Gasteiger partial charge in [0.2, 0.25) is 0 Å². The van der Waals surface area contributed by atoms with Crippen LogP contribution in [0.4, 0.5) is 5.69 Å². The Bertz CT molecular complexity index is 803. The highest BCUT2D eigenvalue weighted by Gasteiger charge is 2.16. The van der Waals surface area contributed by atoms with Crippen molar-refractivity contribution in [1.82, 2.24) is 5.32 Å². The lowest BCUT2D eigenvalue weighted by Gasteiger charge is -2.20.